The number of hydrogen-bond acceptors (Lipinski definition) is 4. The Kier molecular flexibility index (Phi) is 4.74. The number of furan rings is 1. The van der Waals surface area contributed by atoms with E-state index in [9.17, 15) is 0 Å². The number of benzene rings is 5. The Balaban J connectivity index is 1.43. The molecule has 0 radical (unpaired) electrons. The molecule has 1 saturated heterocycles. The molecular weight excluding hydrogens is 499 g/mol. The van der Waals surface area contributed by atoms with E-state index in [2.05, 4.69) is 113 Å². The van der Waals surface area contributed by atoms with Gasteiger partial charge < -0.3 is 13.7 Å². The Hall–Kier alpha value is -3.64. The van der Waals surface area contributed by atoms with E-state index in [1.165, 1.54) is 42.1 Å². The molecule has 0 spiro atoms. The summed E-state index contributed by atoms with van der Waals surface area (Å²) in [5.41, 5.74) is 4.52. The zero-order chi connectivity index (χ0) is 26.5. The van der Waals surface area contributed by atoms with Gasteiger partial charge in [-0.25, -0.2) is 0 Å². The van der Waals surface area contributed by atoms with Crippen LogP contribution in [0.5, 0.6) is 0 Å². The van der Waals surface area contributed by atoms with Crippen LogP contribution in [0.4, 0.5) is 0 Å². The summed E-state index contributed by atoms with van der Waals surface area (Å²) in [6, 6.07) is 32.4. The van der Waals surface area contributed by atoms with Gasteiger partial charge in [0.05, 0.1) is 11.2 Å². The van der Waals surface area contributed by atoms with Gasteiger partial charge in [-0.1, -0.05) is 60.7 Å². The minimum Gasteiger partial charge on any atom is -0.456 e. The Bertz CT molecular complexity index is 2080. The molecule has 3 nitrogen and oxygen atoms in total. The van der Waals surface area contributed by atoms with E-state index in [1.807, 2.05) is 17.4 Å². The van der Waals surface area contributed by atoms with Crippen LogP contribution in [0.3, 0.4) is 0 Å². The first-order valence-electron chi connectivity index (χ1n) is 13.4. The summed E-state index contributed by atoms with van der Waals surface area (Å²) in [7, 11) is -0.415. The van der Waals surface area contributed by atoms with Gasteiger partial charge in [0.2, 0.25) is 0 Å². The number of fused-ring (bicyclic) bond motifs is 7. The summed E-state index contributed by atoms with van der Waals surface area (Å²) in [6.07, 6.45) is 0. The normalized spacial score (nSPS) is 16.9. The second-order valence-electron chi connectivity index (χ2n) is 11.6. The maximum Gasteiger partial charge on any atom is 0.495 e. The van der Waals surface area contributed by atoms with Crippen molar-refractivity contribution < 1.29 is 13.7 Å². The Morgan fingerprint density at radius 1 is 0.615 bits per heavy atom. The van der Waals surface area contributed by atoms with Gasteiger partial charge in [0.1, 0.15) is 11.2 Å². The molecule has 1 aliphatic rings. The van der Waals surface area contributed by atoms with Gasteiger partial charge in [-0.3, -0.25) is 0 Å². The van der Waals surface area contributed by atoms with Gasteiger partial charge in [0.25, 0.3) is 0 Å². The molecule has 2 aromatic heterocycles. The molecule has 8 rings (SSSR count). The van der Waals surface area contributed by atoms with Gasteiger partial charge >= 0.3 is 7.12 Å². The fourth-order valence-electron chi connectivity index (χ4n) is 6.03. The molecule has 1 aliphatic heterocycles. The average molecular weight is 526 g/mol. The minimum atomic E-state index is -0.415. The highest BCUT2D eigenvalue weighted by molar-refractivity contribution is 7.26. The summed E-state index contributed by atoms with van der Waals surface area (Å²) in [5.74, 6) is 0. The summed E-state index contributed by atoms with van der Waals surface area (Å²) in [6.45, 7) is 8.44. The average Bonchev–Trinajstić information content (AvgIpc) is 3.55. The summed E-state index contributed by atoms with van der Waals surface area (Å²) < 4.78 is 21.9. The molecule has 7 aromatic rings. The van der Waals surface area contributed by atoms with Crippen LogP contribution in [0.1, 0.15) is 27.7 Å². The van der Waals surface area contributed by atoms with Crippen LogP contribution in [-0.2, 0) is 9.31 Å². The van der Waals surface area contributed by atoms with E-state index in [0.717, 1.165) is 27.4 Å². The van der Waals surface area contributed by atoms with Crippen LogP contribution in [0, 0.1) is 0 Å². The van der Waals surface area contributed by atoms with Crippen molar-refractivity contribution in [2.75, 3.05) is 0 Å². The van der Waals surface area contributed by atoms with Gasteiger partial charge in [0.15, 0.2) is 0 Å². The van der Waals surface area contributed by atoms with Crippen molar-refractivity contribution in [2.24, 2.45) is 0 Å². The van der Waals surface area contributed by atoms with Gasteiger partial charge in [-0.15, -0.1) is 11.3 Å². The Labute approximate surface area is 231 Å². The molecule has 0 atom stereocenters. The first-order chi connectivity index (χ1) is 18.8. The zero-order valence-electron chi connectivity index (χ0n) is 22.4. The third kappa shape index (κ3) is 3.30. The van der Waals surface area contributed by atoms with Crippen LogP contribution >= 0.6 is 11.3 Å². The third-order valence-corrected chi connectivity index (χ3v) is 9.85. The highest BCUT2D eigenvalue weighted by atomic mass is 32.1. The molecule has 5 aromatic carbocycles. The van der Waals surface area contributed by atoms with Crippen molar-refractivity contribution in [1.29, 1.82) is 0 Å². The van der Waals surface area contributed by atoms with Crippen molar-refractivity contribution in [2.45, 2.75) is 38.9 Å². The van der Waals surface area contributed by atoms with Gasteiger partial charge in [-0.2, -0.15) is 0 Å². The van der Waals surface area contributed by atoms with E-state index >= 15 is 0 Å². The fourth-order valence-corrected chi connectivity index (χ4v) is 7.15. The van der Waals surface area contributed by atoms with Crippen LogP contribution in [-0.4, -0.2) is 18.3 Å². The Morgan fingerprint density at radius 3 is 2.18 bits per heavy atom. The van der Waals surface area contributed by atoms with Crippen LogP contribution in [0.25, 0.3) is 64.0 Å². The molecule has 0 saturated carbocycles. The largest absolute Gasteiger partial charge is 0.495 e. The van der Waals surface area contributed by atoms with E-state index in [4.69, 9.17) is 13.7 Å². The minimum absolute atomic E-state index is 0.395. The van der Waals surface area contributed by atoms with Crippen molar-refractivity contribution in [3.05, 3.63) is 91.0 Å². The second-order valence-corrected chi connectivity index (χ2v) is 12.6. The maximum absolute atomic E-state index is 6.51. The third-order valence-electron chi connectivity index (χ3n) is 8.71. The predicted molar refractivity (Wildman–Crippen MR) is 165 cm³/mol. The molecule has 5 heteroatoms. The van der Waals surface area contributed by atoms with Crippen molar-refractivity contribution in [1.82, 2.24) is 0 Å². The fraction of sp³-hybridized carbons (Fsp3) is 0.176. The van der Waals surface area contributed by atoms with Crippen molar-refractivity contribution in [3.8, 4) is 11.1 Å². The molecule has 0 amide bonds. The monoisotopic (exact) mass is 526 g/mol. The highest BCUT2D eigenvalue weighted by Gasteiger charge is 2.52. The lowest BCUT2D eigenvalue weighted by atomic mass is 9.76. The van der Waals surface area contributed by atoms with E-state index in [-0.39, 0.29) is 0 Å². The topological polar surface area (TPSA) is 31.6 Å². The van der Waals surface area contributed by atoms with Crippen LogP contribution in [0.2, 0.25) is 0 Å². The lowest BCUT2D eigenvalue weighted by molar-refractivity contribution is 0.00578. The zero-order valence-corrected chi connectivity index (χ0v) is 23.2. The number of rotatable bonds is 2. The van der Waals surface area contributed by atoms with E-state index in [0.29, 0.717) is 0 Å². The lowest BCUT2D eigenvalue weighted by Gasteiger charge is -2.32. The quantitative estimate of drug-likeness (QED) is 0.211. The number of thiophene rings is 1. The van der Waals surface area contributed by atoms with E-state index in [1.54, 1.807) is 0 Å². The van der Waals surface area contributed by atoms with Crippen molar-refractivity contribution in [3.63, 3.8) is 0 Å². The molecular formula is C34H27BO3S. The molecule has 0 aliphatic carbocycles. The SMILES string of the molecule is CC1(C)OB(c2cccc3sc4ccc(-c5c6ccccc6cc6oc7ccccc7c56)cc4c23)OC1(C)C. The first kappa shape index (κ1) is 23.3. The molecule has 3 heterocycles. The van der Waals surface area contributed by atoms with Crippen LogP contribution < -0.4 is 5.46 Å². The van der Waals surface area contributed by atoms with Crippen molar-refractivity contribution >= 4 is 76.8 Å². The van der Waals surface area contributed by atoms with Crippen LogP contribution in [0.15, 0.2) is 95.4 Å². The smallest absolute Gasteiger partial charge is 0.456 e. The summed E-state index contributed by atoms with van der Waals surface area (Å²) in [5, 5.41) is 7.14. The molecule has 0 unspecified atom stereocenters. The standard InChI is InChI=1S/C34H27BO3S/c1-33(2)34(3,4)38-35(37-33)25-13-9-15-29-31(25)24-18-21(16-17-28(24)39-29)30-22-11-6-5-10-20(22)19-27-32(30)23-12-7-8-14-26(23)36-27/h5-19H,1-4H3. The van der Waals surface area contributed by atoms with E-state index < -0.39 is 18.3 Å². The Morgan fingerprint density at radius 2 is 1.36 bits per heavy atom. The van der Waals surface area contributed by atoms with Gasteiger partial charge in [-0.05, 0) is 79.8 Å². The maximum atomic E-state index is 6.51. The first-order valence-corrected chi connectivity index (χ1v) is 14.3. The summed E-state index contributed by atoms with van der Waals surface area (Å²) >= 11 is 1.82. The summed E-state index contributed by atoms with van der Waals surface area (Å²) in [4.78, 5) is 0. The second kappa shape index (κ2) is 7.95. The number of hydrogen-bond donors (Lipinski definition) is 0. The molecule has 0 N–H and O–H groups in total. The molecule has 39 heavy (non-hydrogen) atoms. The molecule has 190 valence electrons. The molecule has 1 fully saturated rings. The molecule has 0 bridgehead atoms. The predicted octanol–water partition coefficient (Wildman–Crippen LogP) is 9.07. The highest BCUT2D eigenvalue weighted by Crippen LogP contribution is 2.44. The van der Waals surface area contributed by atoms with Gasteiger partial charge in [0, 0.05) is 36.5 Å². The lowest BCUT2D eigenvalue weighted by Crippen LogP contribution is -2.41. The number of para-hydroxylation sites is 1.